The predicted octanol–water partition coefficient (Wildman–Crippen LogP) is -3.64. The number of carbonyl (C=O) groups is 5. The molecule has 0 saturated carbocycles. The zero-order valence-electron chi connectivity index (χ0n) is 13.7. The van der Waals surface area contributed by atoms with Gasteiger partial charge in [-0.3, -0.25) is 19.2 Å². The first kappa shape index (κ1) is 22.3. The van der Waals surface area contributed by atoms with Crippen molar-refractivity contribution in [1.82, 2.24) is 16.0 Å². The minimum atomic E-state index is -1.69. The molecule has 0 heterocycles. The van der Waals surface area contributed by atoms with E-state index in [1.54, 1.807) is 0 Å². The molecule has 12 heteroatoms. The molecule has 0 bridgehead atoms. The van der Waals surface area contributed by atoms with Crippen LogP contribution >= 0.6 is 0 Å². The van der Waals surface area contributed by atoms with Crippen LogP contribution in [0.25, 0.3) is 0 Å². The Morgan fingerprint density at radius 2 is 1.52 bits per heavy atom. The van der Waals surface area contributed by atoms with E-state index in [0.717, 1.165) is 6.92 Å². The van der Waals surface area contributed by atoms with Crippen LogP contribution in [-0.2, 0) is 24.0 Å². The maximum Gasteiger partial charge on any atom is 0.328 e. The van der Waals surface area contributed by atoms with Crippen molar-refractivity contribution in [1.29, 1.82) is 0 Å². The maximum absolute atomic E-state index is 12.1. The van der Waals surface area contributed by atoms with E-state index in [-0.39, 0.29) is 6.54 Å². The largest absolute Gasteiger partial charge is 0.481 e. The number of aliphatic carboxylic acids is 2. The number of carbonyl (C=O) groups excluding carboxylic acids is 3. The molecular weight excluding hydrogens is 340 g/mol. The standard InChI is InChI=1S/C13H22N4O8/c1-5(15-8(19)4-14)11(22)16-7(3-9(20)21)12(23)17-10(6(2)18)13(24)25/h5-7,10,18H,3-4,14H2,1-2H3,(H,15,19)(H,16,22)(H,17,23)(H,20,21)(H,24,25). The lowest BCUT2D eigenvalue weighted by atomic mass is 10.1. The van der Waals surface area contributed by atoms with Gasteiger partial charge in [-0.1, -0.05) is 0 Å². The van der Waals surface area contributed by atoms with Crippen molar-refractivity contribution in [3.63, 3.8) is 0 Å². The Bertz CT molecular complexity index is 536. The average molecular weight is 362 g/mol. The molecule has 4 atom stereocenters. The molecular formula is C13H22N4O8. The number of aliphatic hydroxyl groups excluding tert-OH is 1. The van der Waals surface area contributed by atoms with Crippen molar-refractivity contribution in [3.8, 4) is 0 Å². The van der Waals surface area contributed by atoms with E-state index in [0.29, 0.717) is 0 Å². The van der Waals surface area contributed by atoms with Crippen LogP contribution < -0.4 is 21.7 Å². The Kier molecular flexibility index (Phi) is 9.09. The molecule has 25 heavy (non-hydrogen) atoms. The van der Waals surface area contributed by atoms with Gasteiger partial charge in [0.1, 0.15) is 12.1 Å². The van der Waals surface area contributed by atoms with E-state index < -0.39 is 60.3 Å². The van der Waals surface area contributed by atoms with Gasteiger partial charge in [0.2, 0.25) is 17.7 Å². The summed E-state index contributed by atoms with van der Waals surface area (Å²) in [4.78, 5) is 57.0. The third-order valence-corrected chi connectivity index (χ3v) is 3.01. The van der Waals surface area contributed by atoms with Gasteiger partial charge in [-0.05, 0) is 13.8 Å². The minimum Gasteiger partial charge on any atom is -0.481 e. The van der Waals surface area contributed by atoms with E-state index in [4.69, 9.17) is 15.9 Å². The fourth-order valence-electron chi connectivity index (χ4n) is 1.69. The summed E-state index contributed by atoms with van der Waals surface area (Å²) in [5, 5.41) is 33.3. The van der Waals surface area contributed by atoms with Gasteiger partial charge in [0.25, 0.3) is 0 Å². The number of nitrogens with one attached hydrogen (secondary N) is 3. The predicted molar refractivity (Wildman–Crippen MR) is 82.1 cm³/mol. The molecule has 8 N–H and O–H groups in total. The number of amides is 3. The molecule has 12 nitrogen and oxygen atoms in total. The van der Waals surface area contributed by atoms with Gasteiger partial charge >= 0.3 is 11.9 Å². The fourth-order valence-corrected chi connectivity index (χ4v) is 1.69. The van der Waals surface area contributed by atoms with Crippen LogP contribution in [0.15, 0.2) is 0 Å². The van der Waals surface area contributed by atoms with Crippen LogP contribution in [0, 0.1) is 0 Å². The molecule has 0 aromatic rings. The third-order valence-electron chi connectivity index (χ3n) is 3.01. The second-order valence-corrected chi connectivity index (χ2v) is 5.22. The van der Waals surface area contributed by atoms with Crippen LogP contribution in [0.5, 0.6) is 0 Å². The van der Waals surface area contributed by atoms with Gasteiger partial charge in [-0.2, -0.15) is 0 Å². The highest BCUT2D eigenvalue weighted by Crippen LogP contribution is 1.99. The van der Waals surface area contributed by atoms with Gasteiger partial charge in [0.05, 0.1) is 19.1 Å². The first-order chi connectivity index (χ1) is 11.5. The molecule has 0 aliphatic heterocycles. The number of hydrogen-bond donors (Lipinski definition) is 7. The van der Waals surface area contributed by atoms with Crippen molar-refractivity contribution in [2.24, 2.45) is 5.73 Å². The van der Waals surface area contributed by atoms with E-state index in [1.807, 2.05) is 5.32 Å². The topological polar surface area (TPSA) is 208 Å². The Morgan fingerprint density at radius 3 is 1.92 bits per heavy atom. The zero-order chi connectivity index (χ0) is 19.7. The summed E-state index contributed by atoms with van der Waals surface area (Å²) in [5.74, 6) is -5.58. The normalized spacial score (nSPS) is 15.2. The average Bonchev–Trinajstić information content (AvgIpc) is 2.49. The summed E-state index contributed by atoms with van der Waals surface area (Å²) < 4.78 is 0. The van der Waals surface area contributed by atoms with E-state index in [9.17, 15) is 29.1 Å². The summed E-state index contributed by atoms with van der Waals surface area (Å²) in [6, 6.07) is -4.40. The number of hydrogen-bond acceptors (Lipinski definition) is 7. The SMILES string of the molecule is CC(NC(=O)CN)C(=O)NC(CC(=O)O)C(=O)NC(C(=O)O)C(C)O. The van der Waals surface area contributed by atoms with Crippen LogP contribution in [0.1, 0.15) is 20.3 Å². The lowest BCUT2D eigenvalue weighted by Crippen LogP contribution is -2.57. The van der Waals surface area contributed by atoms with Gasteiger partial charge < -0.3 is 37.0 Å². The molecule has 0 saturated heterocycles. The fraction of sp³-hybridized carbons (Fsp3) is 0.615. The molecule has 0 aromatic heterocycles. The number of carboxylic acid groups (broad SMARTS) is 2. The Morgan fingerprint density at radius 1 is 0.960 bits per heavy atom. The summed E-state index contributed by atoms with van der Waals surface area (Å²) in [7, 11) is 0. The summed E-state index contributed by atoms with van der Waals surface area (Å²) in [6.45, 7) is 2.04. The lowest BCUT2D eigenvalue weighted by molar-refractivity contribution is -0.146. The number of carboxylic acids is 2. The number of aliphatic hydroxyl groups is 1. The van der Waals surface area contributed by atoms with Gasteiger partial charge in [0.15, 0.2) is 6.04 Å². The number of nitrogens with two attached hydrogens (primary N) is 1. The Hall–Kier alpha value is -2.73. The molecule has 0 fully saturated rings. The molecule has 4 unspecified atom stereocenters. The first-order valence-electron chi connectivity index (χ1n) is 7.22. The summed E-state index contributed by atoms with van der Waals surface area (Å²) >= 11 is 0. The second kappa shape index (κ2) is 10.2. The molecule has 0 rings (SSSR count). The molecule has 142 valence electrons. The van der Waals surface area contributed by atoms with Crippen molar-refractivity contribution in [3.05, 3.63) is 0 Å². The van der Waals surface area contributed by atoms with E-state index in [2.05, 4.69) is 10.6 Å². The molecule has 0 aliphatic carbocycles. The van der Waals surface area contributed by atoms with Gasteiger partial charge in [-0.25, -0.2) is 4.79 Å². The molecule has 0 spiro atoms. The highest BCUT2D eigenvalue weighted by Gasteiger charge is 2.31. The molecule has 3 amide bonds. The highest BCUT2D eigenvalue weighted by atomic mass is 16.4. The van der Waals surface area contributed by atoms with Crippen LogP contribution in [0.4, 0.5) is 0 Å². The van der Waals surface area contributed by atoms with E-state index >= 15 is 0 Å². The molecule has 0 aromatic carbocycles. The van der Waals surface area contributed by atoms with Crippen molar-refractivity contribution < 1.29 is 39.3 Å². The molecule has 0 radical (unpaired) electrons. The Labute approximate surface area is 142 Å². The quantitative estimate of drug-likeness (QED) is 0.204. The minimum absolute atomic E-state index is 0.370. The first-order valence-corrected chi connectivity index (χ1v) is 7.22. The van der Waals surface area contributed by atoms with Gasteiger partial charge in [-0.15, -0.1) is 0 Å². The third kappa shape index (κ3) is 8.08. The van der Waals surface area contributed by atoms with Crippen LogP contribution in [0.3, 0.4) is 0 Å². The zero-order valence-corrected chi connectivity index (χ0v) is 13.7. The summed E-state index contributed by atoms with van der Waals surface area (Å²) in [5.41, 5.74) is 5.08. The van der Waals surface area contributed by atoms with Crippen molar-refractivity contribution >= 4 is 29.7 Å². The Balaban J connectivity index is 5.08. The van der Waals surface area contributed by atoms with Crippen LogP contribution in [-0.4, -0.2) is 75.8 Å². The summed E-state index contributed by atoms with van der Waals surface area (Å²) in [6.07, 6.45) is -2.29. The highest BCUT2D eigenvalue weighted by molar-refractivity contribution is 5.95. The second-order valence-electron chi connectivity index (χ2n) is 5.22. The van der Waals surface area contributed by atoms with Gasteiger partial charge in [0, 0.05) is 0 Å². The maximum atomic E-state index is 12.1. The van der Waals surface area contributed by atoms with Crippen molar-refractivity contribution in [2.75, 3.05) is 6.54 Å². The van der Waals surface area contributed by atoms with E-state index in [1.165, 1.54) is 6.92 Å². The van der Waals surface area contributed by atoms with Crippen LogP contribution in [0.2, 0.25) is 0 Å². The smallest absolute Gasteiger partial charge is 0.328 e. The lowest BCUT2D eigenvalue weighted by Gasteiger charge is -2.23. The van der Waals surface area contributed by atoms with Crippen molar-refractivity contribution in [2.45, 2.75) is 44.5 Å². The number of rotatable bonds is 10. The monoisotopic (exact) mass is 362 g/mol. The molecule has 0 aliphatic rings.